The van der Waals surface area contributed by atoms with Crippen molar-refractivity contribution in [2.75, 3.05) is 5.75 Å². The summed E-state index contributed by atoms with van der Waals surface area (Å²) in [6.45, 7) is 1.50. The Bertz CT molecular complexity index is 576. The molecule has 23 heavy (non-hydrogen) atoms. The minimum absolute atomic E-state index is 0.0324. The number of benzene rings is 1. The maximum Gasteiger partial charge on any atom is 0.317 e. The summed E-state index contributed by atoms with van der Waals surface area (Å²) >= 11 is 0.835. The van der Waals surface area contributed by atoms with Crippen LogP contribution in [0.3, 0.4) is 0 Å². The molecule has 1 aromatic carbocycles. The van der Waals surface area contributed by atoms with Crippen LogP contribution in [-0.4, -0.2) is 29.8 Å². The average molecular weight is 343 g/mol. The van der Waals surface area contributed by atoms with Crippen molar-refractivity contribution in [3.05, 3.63) is 29.8 Å². The Morgan fingerprint density at radius 3 is 2.74 bits per heavy atom. The maximum atomic E-state index is 13.4. The van der Waals surface area contributed by atoms with Gasteiger partial charge in [0.15, 0.2) is 6.10 Å². The third kappa shape index (κ3) is 5.49. The number of hydrogen-bond acceptors (Lipinski definition) is 4. The highest BCUT2D eigenvalue weighted by molar-refractivity contribution is 8.00. The van der Waals surface area contributed by atoms with E-state index in [1.54, 1.807) is 0 Å². The van der Waals surface area contributed by atoms with Gasteiger partial charge in [0.05, 0.1) is 5.75 Å². The zero-order valence-electron chi connectivity index (χ0n) is 12.8. The van der Waals surface area contributed by atoms with E-state index in [1.165, 1.54) is 6.92 Å². The van der Waals surface area contributed by atoms with E-state index in [1.807, 2.05) is 0 Å². The predicted octanol–water partition coefficient (Wildman–Crippen LogP) is 3.05. The normalized spacial score (nSPS) is 16.1. The van der Waals surface area contributed by atoms with Crippen LogP contribution in [0.25, 0.3) is 0 Å². The lowest BCUT2D eigenvalue weighted by atomic mass is 10.2. The second-order valence-corrected chi connectivity index (χ2v) is 6.50. The van der Waals surface area contributed by atoms with Crippen LogP contribution in [0.5, 0.6) is 0 Å². The average Bonchev–Trinajstić information content (AvgIpc) is 3.01. The van der Waals surface area contributed by atoms with Crippen LogP contribution in [0, 0.1) is 11.6 Å². The fraction of sp³-hybridized carbons (Fsp3) is 0.500. The summed E-state index contributed by atoms with van der Waals surface area (Å²) in [7, 11) is 0. The van der Waals surface area contributed by atoms with Gasteiger partial charge in [0.25, 0.3) is 5.91 Å². The van der Waals surface area contributed by atoms with Crippen molar-refractivity contribution in [3.63, 3.8) is 0 Å². The third-order valence-electron chi connectivity index (χ3n) is 3.62. The summed E-state index contributed by atoms with van der Waals surface area (Å²) < 4.78 is 31.5. The summed E-state index contributed by atoms with van der Waals surface area (Å²) in [6, 6.07) is 3.18. The topological polar surface area (TPSA) is 55.4 Å². The molecule has 0 aliphatic heterocycles. The van der Waals surface area contributed by atoms with Gasteiger partial charge in [-0.1, -0.05) is 12.8 Å². The Morgan fingerprint density at radius 1 is 1.35 bits per heavy atom. The molecule has 1 fully saturated rings. The Hall–Kier alpha value is -1.63. The van der Waals surface area contributed by atoms with Crippen LogP contribution in [0.2, 0.25) is 0 Å². The third-order valence-corrected chi connectivity index (χ3v) is 4.62. The molecule has 1 aromatic rings. The van der Waals surface area contributed by atoms with Gasteiger partial charge in [-0.25, -0.2) is 8.78 Å². The Balaban J connectivity index is 1.77. The molecule has 1 atom stereocenters. The quantitative estimate of drug-likeness (QED) is 0.637. The Kier molecular flexibility index (Phi) is 6.38. The van der Waals surface area contributed by atoms with Crippen LogP contribution in [0.4, 0.5) is 8.78 Å². The number of esters is 1. The smallest absolute Gasteiger partial charge is 0.317 e. The zero-order valence-corrected chi connectivity index (χ0v) is 13.6. The van der Waals surface area contributed by atoms with E-state index in [9.17, 15) is 18.4 Å². The number of thioether (sulfide) groups is 1. The van der Waals surface area contributed by atoms with Gasteiger partial charge in [-0.3, -0.25) is 9.59 Å². The van der Waals surface area contributed by atoms with E-state index in [2.05, 4.69) is 5.32 Å². The molecule has 1 amide bonds. The Labute approximate surface area is 138 Å². The maximum absolute atomic E-state index is 13.4. The molecule has 0 spiro atoms. The second kappa shape index (κ2) is 8.29. The molecule has 2 rings (SSSR count). The molecule has 7 heteroatoms. The first-order chi connectivity index (χ1) is 11.0. The minimum Gasteiger partial charge on any atom is -0.452 e. The molecule has 1 aliphatic carbocycles. The van der Waals surface area contributed by atoms with E-state index >= 15 is 0 Å². The zero-order chi connectivity index (χ0) is 16.8. The lowest BCUT2D eigenvalue weighted by Crippen LogP contribution is -2.41. The fourth-order valence-electron chi connectivity index (χ4n) is 2.40. The molecule has 1 saturated carbocycles. The van der Waals surface area contributed by atoms with Gasteiger partial charge < -0.3 is 10.1 Å². The summed E-state index contributed by atoms with van der Waals surface area (Å²) in [5, 5.41) is 2.84. The van der Waals surface area contributed by atoms with E-state index in [0.29, 0.717) is 0 Å². The van der Waals surface area contributed by atoms with Crippen molar-refractivity contribution >= 4 is 23.6 Å². The predicted molar refractivity (Wildman–Crippen MR) is 83.0 cm³/mol. The molecule has 126 valence electrons. The number of carbonyl (C=O) groups is 2. The lowest BCUT2D eigenvalue weighted by molar-refractivity contribution is -0.152. The van der Waals surface area contributed by atoms with E-state index in [0.717, 1.165) is 55.6 Å². The standard InChI is InChI=1S/C16H19F2NO3S/c1-10(16(21)19-12-4-2-3-5-12)22-15(20)9-23-14-8-11(17)6-7-13(14)18/h6-8,10,12H,2-5,9H2,1H3,(H,19,21)/t10-/m0/s1. The number of carbonyl (C=O) groups excluding carboxylic acids is 2. The van der Waals surface area contributed by atoms with Gasteiger partial charge in [0.2, 0.25) is 0 Å². The van der Waals surface area contributed by atoms with Crippen LogP contribution >= 0.6 is 11.8 Å². The highest BCUT2D eigenvalue weighted by atomic mass is 32.2. The summed E-state index contributed by atoms with van der Waals surface area (Å²) in [5.74, 6) is -2.34. The molecule has 4 nitrogen and oxygen atoms in total. The van der Waals surface area contributed by atoms with Crippen LogP contribution in [-0.2, 0) is 14.3 Å². The number of rotatable bonds is 6. The van der Waals surface area contributed by atoms with Gasteiger partial charge >= 0.3 is 5.97 Å². The molecular formula is C16H19F2NO3S. The van der Waals surface area contributed by atoms with Gasteiger partial charge in [0.1, 0.15) is 11.6 Å². The number of halogens is 2. The molecule has 0 radical (unpaired) electrons. The lowest BCUT2D eigenvalue weighted by Gasteiger charge is -2.17. The molecule has 0 unspecified atom stereocenters. The first kappa shape index (κ1) is 17.7. The van der Waals surface area contributed by atoms with Gasteiger partial charge in [0, 0.05) is 10.9 Å². The molecule has 0 aromatic heterocycles. The van der Waals surface area contributed by atoms with Gasteiger partial charge in [-0.2, -0.15) is 0 Å². The first-order valence-electron chi connectivity index (χ1n) is 7.53. The van der Waals surface area contributed by atoms with Crippen molar-refractivity contribution in [1.82, 2.24) is 5.32 Å². The number of amides is 1. The number of nitrogens with one attached hydrogen (secondary N) is 1. The van der Waals surface area contributed by atoms with E-state index in [4.69, 9.17) is 4.74 Å². The number of hydrogen-bond donors (Lipinski definition) is 1. The highest BCUT2D eigenvalue weighted by Crippen LogP contribution is 2.23. The Morgan fingerprint density at radius 2 is 2.04 bits per heavy atom. The second-order valence-electron chi connectivity index (χ2n) is 5.49. The van der Waals surface area contributed by atoms with Crippen LogP contribution in [0.15, 0.2) is 23.1 Å². The minimum atomic E-state index is -0.902. The molecule has 1 N–H and O–H groups in total. The van der Waals surface area contributed by atoms with Gasteiger partial charge in [-0.15, -0.1) is 11.8 Å². The van der Waals surface area contributed by atoms with Crippen molar-refractivity contribution in [2.24, 2.45) is 0 Å². The summed E-state index contributed by atoms with van der Waals surface area (Å²) in [6.07, 6.45) is 3.17. The fourth-order valence-corrected chi connectivity index (χ4v) is 3.14. The van der Waals surface area contributed by atoms with Crippen LogP contribution < -0.4 is 5.32 Å². The van der Waals surface area contributed by atoms with Crippen molar-refractivity contribution in [2.45, 2.75) is 49.6 Å². The highest BCUT2D eigenvalue weighted by Gasteiger charge is 2.23. The molecule has 0 saturated heterocycles. The largest absolute Gasteiger partial charge is 0.452 e. The first-order valence-corrected chi connectivity index (χ1v) is 8.52. The molecular weight excluding hydrogens is 324 g/mol. The molecule has 0 bridgehead atoms. The van der Waals surface area contributed by atoms with E-state index < -0.39 is 23.7 Å². The summed E-state index contributed by atoms with van der Waals surface area (Å²) in [4.78, 5) is 23.7. The van der Waals surface area contributed by atoms with Crippen molar-refractivity contribution < 1.29 is 23.1 Å². The molecule has 1 aliphatic rings. The van der Waals surface area contributed by atoms with Crippen molar-refractivity contribution in [1.29, 1.82) is 0 Å². The SMILES string of the molecule is C[C@H](OC(=O)CSc1cc(F)ccc1F)C(=O)NC1CCCC1. The monoisotopic (exact) mass is 343 g/mol. The molecule has 0 heterocycles. The van der Waals surface area contributed by atoms with Crippen LogP contribution in [0.1, 0.15) is 32.6 Å². The number of ether oxygens (including phenoxy) is 1. The van der Waals surface area contributed by atoms with E-state index in [-0.39, 0.29) is 22.6 Å². The van der Waals surface area contributed by atoms with Gasteiger partial charge in [-0.05, 0) is 38.0 Å². The van der Waals surface area contributed by atoms with Crippen molar-refractivity contribution in [3.8, 4) is 0 Å². The summed E-state index contributed by atoms with van der Waals surface area (Å²) in [5.41, 5.74) is 0.